The van der Waals surface area contributed by atoms with E-state index in [2.05, 4.69) is 20.6 Å². The normalized spacial score (nSPS) is 16.3. The van der Waals surface area contributed by atoms with Crippen LogP contribution < -0.4 is 10.6 Å². The molecule has 2 heterocycles. The van der Waals surface area contributed by atoms with Crippen LogP contribution in [0.4, 0.5) is 4.79 Å². The summed E-state index contributed by atoms with van der Waals surface area (Å²) in [6.45, 7) is 5.97. The molecule has 7 nitrogen and oxygen atoms in total. The molecule has 31 heavy (non-hydrogen) atoms. The number of aryl methyl sites for hydroxylation is 3. The topological polar surface area (TPSA) is 96.1 Å². The summed E-state index contributed by atoms with van der Waals surface area (Å²) >= 11 is 1.42. The average molecular weight is 437 g/mol. The number of carbonyl (C=O) groups is 2. The Morgan fingerprint density at radius 3 is 2.65 bits per heavy atom. The molecule has 2 aromatic carbocycles. The number of benzene rings is 2. The maximum Gasteiger partial charge on any atom is 0.338 e. The van der Waals surface area contributed by atoms with Crippen molar-refractivity contribution < 1.29 is 14.3 Å². The zero-order chi connectivity index (χ0) is 22.1. The maximum atomic E-state index is 12.7. The summed E-state index contributed by atoms with van der Waals surface area (Å²) in [5, 5.41) is 6.39. The second kappa shape index (κ2) is 8.47. The summed E-state index contributed by atoms with van der Waals surface area (Å²) in [4.78, 5) is 33.1. The van der Waals surface area contributed by atoms with Crippen molar-refractivity contribution in [2.75, 3.05) is 12.9 Å². The Morgan fingerprint density at radius 1 is 1.13 bits per heavy atom. The number of aromatic nitrogens is 2. The number of amides is 2. The third kappa shape index (κ3) is 4.29. The van der Waals surface area contributed by atoms with Gasteiger partial charge in [-0.25, -0.2) is 14.6 Å². The van der Waals surface area contributed by atoms with E-state index in [0.717, 1.165) is 33.3 Å². The van der Waals surface area contributed by atoms with Crippen LogP contribution in [0.5, 0.6) is 0 Å². The fourth-order valence-corrected chi connectivity index (χ4v) is 4.55. The molecule has 2 amide bonds. The minimum atomic E-state index is -0.588. The monoisotopic (exact) mass is 436 g/mol. The number of nitrogens with zero attached hydrogens (tertiary/aromatic N) is 1. The van der Waals surface area contributed by atoms with Crippen molar-refractivity contribution in [1.29, 1.82) is 0 Å². The van der Waals surface area contributed by atoms with Crippen molar-refractivity contribution in [3.63, 3.8) is 0 Å². The van der Waals surface area contributed by atoms with Gasteiger partial charge < -0.3 is 20.4 Å². The molecule has 3 aromatic rings. The molecule has 0 radical (unpaired) electrons. The average Bonchev–Trinajstić information content (AvgIpc) is 3.15. The Balaban J connectivity index is 1.70. The summed E-state index contributed by atoms with van der Waals surface area (Å²) in [5.74, 6) is -0.118. The van der Waals surface area contributed by atoms with Gasteiger partial charge in [-0.3, -0.25) is 0 Å². The number of thioether (sulfide) groups is 1. The van der Waals surface area contributed by atoms with Crippen LogP contribution in [0.1, 0.15) is 28.3 Å². The van der Waals surface area contributed by atoms with Crippen LogP contribution in [0.25, 0.3) is 11.0 Å². The van der Waals surface area contributed by atoms with Crippen LogP contribution in [0.2, 0.25) is 0 Å². The number of imidazole rings is 1. The maximum absolute atomic E-state index is 12.7. The van der Waals surface area contributed by atoms with E-state index in [9.17, 15) is 9.59 Å². The first kappa shape index (κ1) is 21.0. The van der Waals surface area contributed by atoms with E-state index < -0.39 is 12.0 Å². The van der Waals surface area contributed by atoms with Gasteiger partial charge in [0.25, 0.3) is 0 Å². The van der Waals surface area contributed by atoms with Gasteiger partial charge >= 0.3 is 12.0 Å². The summed E-state index contributed by atoms with van der Waals surface area (Å²) in [5.41, 5.74) is 6.79. The third-order valence-electron chi connectivity index (χ3n) is 5.27. The molecular weight excluding hydrogens is 412 g/mol. The Labute approximate surface area is 184 Å². The van der Waals surface area contributed by atoms with Crippen molar-refractivity contribution >= 4 is 34.8 Å². The number of hydrogen-bond donors (Lipinski definition) is 3. The molecule has 1 aliphatic heterocycles. The number of aromatic amines is 1. The second-order valence-corrected chi connectivity index (χ2v) is 8.59. The van der Waals surface area contributed by atoms with E-state index in [-0.39, 0.29) is 6.03 Å². The van der Waals surface area contributed by atoms with Crippen LogP contribution >= 0.6 is 11.8 Å². The third-order valence-corrected chi connectivity index (χ3v) is 6.17. The molecule has 160 valence electrons. The van der Waals surface area contributed by atoms with E-state index in [1.54, 1.807) is 0 Å². The van der Waals surface area contributed by atoms with E-state index >= 15 is 0 Å². The lowest BCUT2D eigenvalue weighted by atomic mass is 9.91. The van der Waals surface area contributed by atoms with Crippen LogP contribution in [0.15, 0.2) is 52.8 Å². The number of urea groups is 1. The second-order valence-electron chi connectivity index (χ2n) is 7.63. The Bertz CT molecular complexity index is 1210. The molecule has 0 saturated carbocycles. The summed E-state index contributed by atoms with van der Waals surface area (Å²) in [7, 11) is 1.35. The minimum Gasteiger partial charge on any atom is -0.466 e. The SMILES string of the molecule is COC(=O)C1=C(CSc2nc3ccc(C)cc3[nH]2)NC(=O)N[C@@H]1c1cc(C)ccc1C. The van der Waals surface area contributed by atoms with Crippen molar-refractivity contribution in [2.45, 2.75) is 32.0 Å². The highest BCUT2D eigenvalue weighted by atomic mass is 32.2. The number of ether oxygens (including phenoxy) is 1. The highest BCUT2D eigenvalue weighted by Gasteiger charge is 2.34. The molecular formula is C23H24N4O3S. The molecule has 1 aliphatic rings. The molecule has 0 bridgehead atoms. The van der Waals surface area contributed by atoms with Gasteiger partial charge in [0.1, 0.15) is 0 Å². The predicted octanol–water partition coefficient (Wildman–Crippen LogP) is 4.06. The number of esters is 1. The van der Waals surface area contributed by atoms with Crippen molar-refractivity contribution in [2.24, 2.45) is 0 Å². The highest BCUT2D eigenvalue weighted by molar-refractivity contribution is 7.99. The van der Waals surface area contributed by atoms with Crippen LogP contribution in [-0.2, 0) is 9.53 Å². The molecule has 1 aromatic heterocycles. The molecule has 1 atom stereocenters. The lowest BCUT2D eigenvalue weighted by Crippen LogP contribution is -2.46. The van der Waals surface area contributed by atoms with Gasteiger partial charge in [0.15, 0.2) is 5.16 Å². The molecule has 0 unspecified atom stereocenters. The van der Waals surface area contributed by atoms with Gasteiger partial charge in [-0.05, 0) is 49.6 Å². The Hall–Kier alpha value is -3.26. The van der Waals surface area contributed by atoms with Crippen molar-refractivity contribution in [3.05, 3.63) is 69.9 Å². The number of fused-ring (bicyclic) bond motifs is 1. The minimum absolute atomic E-state index is 0.352. The number of hydrogen-bond acceptors (Lipinski definition) is 5. The van der Waals surface area contributed by atoms with Gasteiger partial charge in [-0.1, -0.05) is 41.6 Å². The van der Waals surface area contributed by atoms with E-state index in [1.165, 1.54) is 18.9 Å². The highest BCUT2D eigenvalue weighted by Crippen LogP contribution is 2.32. The van der Waals surface area contributed by atoms with Gasteiger partial charge in [0, 0.05) is 11.4 Å². The molecule has 4 rings (SSSR count). The predicted molar refractivity (Wildman–Crippen MR) is 121 cm³/mol. The molecule has 8 heteroatoms. The Morgan fingerprint density at radius 2 is 1.87 bits per heavy atom. The largest absolute Gasteiger partial charge is 0.466 e. The van der Waals surface area contributed by atoms with E-state index in [0.29, 0.717) is 22.2 Å². The van der Waals surface area contributed by atoms with Crippen LogP contribution in [-0.4, -0.2) is 34.8 Å². The lowest BCUT2D eigenvalue weighted by molar-refractivity contribution is -0.136. The molecule has 0 saturated heterocycles. The number of nitrogens with one attached hydrogen (secondary N) is 3. The van der Waals surface area contributed by atoms with Crippen molar-refractivity contribution in [1.82, 2.24) is 20.6 Å². The fraction of sp³-hybridized carbons (Fsp3) is 0.261. The quantitative estimate of drug-likeness (QED) is 0.414. The van der Waals surface area contributed by atoms with Gasteiger partial charge in [0.2, 0.25) is 0 Å². The van der Waals surface area contributed by atoms with Crippen LogP contribution in [0.3, 0.4) is 0 Å². The lowest BCUT2D eigenvalue weighted by Gasteiger charge is -2.30. The summed E-state index contributed by atoms with van der Waals surface area (Å²) in [6, 6.07) is 11.0. The first-order valence-corrected chi connectivity index (χ1v) is 10.9. The number of H-pyrrole nitrogens is 1. The summed E-state index contributed by atoms with van der Waals surface area (Å²) < 4.78 is 5.07. The number of carbonyl (C=O) groups excluding carboxylic acids is 2. The molecule has 0 aliphatic carbocycles. The smallest absolute Gasteiger partial charge is 0.338 e. The van der Waals surface area contributed by atoms with Crippen molar-refractivity contribution in [3.8, 4) is 0 Å². The molecule has 3 N–H and O–H groups in total. The number of rotatable bonds is 5. The fourth-order valence-electron chi connectivity index (χ4n) is 3.70. The first-order valence-electron chi connectivity index (χ1n) is 9.91. The zero-order valence-corrected chi connectivity index (χ0v) is 18.6. The molecule has 0 spiro atoms. The molecule has 0 fully saturated rings. The standard InChI is InChI=1S/C23H24N4O3S/c1-12-5-7-14(3)15(9-12)20-19(21(28)30-4)18(24-22(29)27-20)11-31-23-25-16-8-6-13(2)10-17(16)26-23/h5-10,20H,11H2,1-4H3,(H,25,26)(H2,24,27,29)/t20-/m1/s1. The zero-order valence-electron chi connectivity index (χ0n) is 17.8. The van der Waals surface area contributed by atoms with E-state index in [4.69, 9.17) is 4.74 Å². The van der Waals surface area contributed by atoms with E-state index in [1.807, 2.05) is 57.2 Å². The number of methoxy groups -OCH3 is 1. The van der Waals surface area contributed by atoms with Gasteiger partial charge in [-0.2, -0.15) is 0 Å². The van der Waals surface area contributed by atoms with Gasteiger partial charge in [-0.15, -0.1) is 0 Å². The Kier molecular flexibility index (Phi) is 5.73. The summed E-state index contributed by atoms with van der Waals surface area (Å²) in [6.07, 6.45) is 0. The van der Waals surface area contributed by atoms with Crippen LogP contribution in [0, 0.1) is 20.8 Å². The van der Waals surface area contributed by atoms with Gasteiger partial charge in [0.05, 0.1) is 29.8 Å². The first-order chi connectivity index (χ1) is 14.9.